The standard InChI is InChI=1S/C14H16N2O6/c1-9(15-7-12(17)6-13(15)14(18)19)22-8-10-2-4-11(5-3-10)16(20)21/h2-5,12-13,17H,1,6-8H2,(H,18,19)/t12-,13+/m1/s1. The maximum absolute atomic E-state index is 11.1. The Balaban J connectivity index is 1.94. The van der Waals surface area contributed by atoms with Crippen LogP contribution in [-0.4, -0.2) is 44.7 Å². The molecular formula is C14H16N2O6. The molecule has 2 atom stereocenters. The molecule has 1 heterocycles. The quantitative estimate of drug-likeness (QED) is 0.459. The Hall–Kier alpha value is -2.61. The van der Waals surface area contributed by atoms with Gasteiger partial charge in [0.25, 0.3) is 5.69 Å². The van der Waals surface area contributed by atoms with Gasteiger partial charge >= 0.3 is 5.97 Å². The van der Waals surface area contributed by atoms with Crippen LogP contribution >= 0.6 is 0 Å². The van der Waals surface area contributed by atoms with Gasteiger partial charge in [-0.1, -0.05) is 0 Å². The van der Waals surface area contributed by atoms with Gasteiger partial charge in [0.05, 0.1) is 11.0 Å². The number of aliphatic carboxylic acids is 1. The molecular weight excluding hydrogens is 292 g/mol. The predicted octanol–water partition coefficient (Wildman–Crippen LogP) is 1.10. The molecule has 118 valence electrons. The van der Waals surface area contributed by atoms with Crippen molar-refractivity contribution in [1.29, 1.82) is 0 Å². The highest BCUT2D eigenvalue weighted by atomic mass is 16.6. The summed E-state index contributed by atoms with van der Waals surface area (Å²) in [4.78, 5) is 22.6. The number of carbonyl (C=O) groups is 1. The fraction of sp³-hybridized carbons (Fsp3) is 0.357. The monoisotopic (exact) mass is 308 g/mol. The minimum absolute atomic E-state index is 0.0174. The third-order valence-corrected chi connectivity index (χ3v) is 3.44. The van der Waals surface area contributed by atoms with E-state index in [-0.39, 0.29) is 31.1 Å². The molecule has 0 spiro atoms. The first kappa shape index (κ1) is 15.8. The van der Waals surface area contributed by atoms with Crippen molar-refractivity contribution >= 4 is 11.7 Å². The molecule has 0 bridgehead atoms. The number of benzene rings is 1. The number of aliphatic hydroxyl groups is 1. The zero-order chi connectivity index (χ0) is 16.3. The number of aliphatic hydroxyl groups excluding tert-OH is 1. The van der Waals surface area contributed by atoms with Gasteiger partial charge in [0.2, 0.25) is 0 Å². The summed E-state index contributed by atoms with van der Waals surface area (Å²) in [6.07, 6.45) is -0.615. The molecule has 1 aromatic carbocycles. The number of carboxylic acids is 1. The maximum Gasteiger partial charge on any atom is 0.326 e. The molecule has 8 nitrogen and oxygen atoms in total. The first-order valence-corrected chi connectivity index (χ1v) is 6.61. The summed E-state index contributed by atoms with van der Waals surface area (Å²) in [6, 6.07) is 4.97. The van der Waals surface area contributed by atoms with Crippen LogP contribution in [0.25, 0.3) is 0 Å². The van der Waals surface area contributed by atoms with Gasteiger partial charge < -0.3 is 19.8 Å². The van der Waals surface area contributed by atoms with Crippen molar-refractivity contribution in [3.63, 3.8) is 0 Å². The maximum atomic E-state index is 11.1. The second-order valence-electron chi connectivity index (χ2n) is 5.00. The van der Waals surface area contributed by atoms with Gasteiger partial charge in [0.15, 0.2) is 5.88 Å². The van der Waals surface area contributed by atoms with E-state index in [4.69, 9.17) is 9.84 Å². The normalized spacial score (nSPS) is 20.7. The second kappa shape index (κ2) is 6.44. The first-order valence-electron chi connectivity index (χ1n) is 6.61. The van der Waals surface area contributed by atoms with E-state index in [1.54, 1.807) is 12.1 Å². The van der Waals surface area contributed by atoms with Crippen LogP contribution in [0.5, 0.6) is 0 Å². The van der Waals surface area contributed by atoms with Crippen LogP contribution in [0.15, 0.2) is 36.7 Å². The van der Waals surface area contributed by atoms with Crippen molar-refractivity contribution in [2.24, 2.45) is 0 Å². The number of non-ortho nitro benzene ring substituents is 1. The summed E-state index contributed by atoms with van der Waals surface area (Å²) in [7, 11) is 0. The molecule has 0 aliphatic carbocycles. The summed E-state index contributed by atoms with van der Waals surface area (Å²) < 4.78 is 5.43. The molecule has 0 unspecified atom stereocenters. The van der Waals surface area contributed by atoms with Crippen LogP contribution in [-0.2, 0) is 16.1 Å². The SMILES string of the molecule is C=C(OCc1ccc([N+](=O)[O-])cc1)N1C[C@H](O)C[C@H]1C(=O)O. The number of likely N-dealkylation sites (tertiary alicyclic amines) is 1. The molecule has 1 fully saturated rings. The van der Waals surface area contributed by atoms with Gasteiger partial charge in [-0.05, 0) is 24.3 Å². The third kappa shape index (κ3) is 3.53. The van der Waals surface area contributed by atoms with Gasteiger partial charge in [0.1, 0.15) is 12.6 Å². The second-order valence-corrected chi connectivity index (χ2v) is 5.00. The number of nitro groups is 1. The number of rotatable bonds is 6. The zero-order valence-corrected chi connectivity index (χ0v) is 11.7. The van der Waals surface area contributed by atoms with E-state index in [0.29, 0.717) is 5.56 Å². The Bertz CT molecular complexity index is 586. The number of nitrogens with zero attached hydrogens (tertiary/aromatic N) is 2. The number of hydrogen-bond acceptors (Lipinski definition) is 6. The van der Waals surface area contributed by atoms with Gasteiger partial charge in [-0.15, -0.1) is 0 Å². The van der Waals surface area contributed by atoms with Crippen molar-refractivity contribution in [2.45, 2.75) is 25.2 Å². The van der Waals surface area contributed by atoms with E-state index >= 15 is 0 Å². The predicted molar refractivity (Wildman–Crippen MR) is 75.8 cm³/mol. The first-order chi connectivity index (χ1) is 10.4. The van der Waals surface area contributed by atoms with Crippen molar-refractivity contribution in [1.82, 2.24) is 4.90 Å². The highest BCUT2D eigenvalue weighted by Crippen LogP contribution is 2.23. The minimum Gasteiger partial charge on any atom is -0.480 e. The molecule has 1 aliphatic heterocycles. The molecule has 1 aromatic rings. The number of hydrogen-bond donors (Lipinski definition) is 2. The molecule has 0 aromatic heterocycles. The molecule has 2 rings (SSSR count). The molecule has 0 amide bonds. The molecule has 0 saturated carbocycles. The summed E-state index contributed by atoms with van der Waals surface area (Å²) in [5, 5.41) is 29.2. The lowest BCUT2D eigenvalue weighted by Gasteiger charge is -2.25. The van der Waals surface area contributed by atoms with Crippen LogP contribution in [0, 0.1) is 10.1 Å². The van der Waals surface area contributed by atoms with Crippen LogP contribution in [0.4, 0.5) is 5.69 Å². The van der Waals surface area contributed by atoms with Gasteiger partial charge in [-0.25, -0.2) is 4.79 Å². The van der Waals surface area contributed by atoms with Gasteiger partial charge in [0, 0.05) is 25.1 Å². The van der Waals surface area contributed by atoms with Crippen LogP contribution in [0.2, 0.25) is 0 Å². The molecule has 22 heavy (non-hydrogen) atoms. The van der Waals surface area contributed by atoms with Crippen molar-refractivity contribution in [3.8, 4) is 0 Å². The lowest BCUT2D eigenvalue weighted by Crippen LogP contribution is -2.35. The van der Waals surface area contributed by atoms with E-state index in [9.17, 15) is 20.0 Å². The number of nitro benzene ring substituents is 1. The third-order valence-electron chi connectivity index (χ3n) is 3.44. The van der Waals surface area contributed by atoms with E-state index in [2.05, 4.69) is 6.58 Å². The average molecular weight is 308 g/mol. The smallest absolute Gasteiger partial charge is 0.326 e. The number of β-amino-alcohol motifs (C(OH)–C–C–N with tert-alkyl or cyclic N) is 1. The fourth-order valence-electron chi connectivity index (χ4n) is 2.29. The van der Waals surface area contributed by atoms with E-state index < -0.39 is 23.0 Å². The highest BCUT2D eigenvalue weighted by Gasteiger charge is 2.37. The van der Waals surface area contributed by atoms with Gasteiger partial charge in [-0.2, -0.15) is 0 Å². The molecule has 1 saturated heterocycles. The summed E-state index contributed by atoms with van der Waals surface area (Å²) >= 11 is 0. The molecule has 1 aliphatic rings. The van der Waals surface area contributed by atoms with Crippen LogP contribution in [0.3, 0.4) is 0 Å². The number of carboxylic acid groups (broad SMARTS) is 1. The topological polar surface area (TPSA) is 113 Å². The Morgan fingerprint density at radius 2 is 2.09 bits per heavy atom. The fourth-order valence-corrected chi connectivity index (χ4v) is 2.29. The Morgan fingerprint density at radius 3 is 2.64 bits per heavy atom. The van der Waals surface area contributed by atoms with Crippen molar-refractivity contribution in [3.05, 3.63) is 52.4 Å². The van der Waals surface area contributed by atoms with Crippen molar-refractivity contribution in [2.75, 3.05) is 6.54 Å². The number of ether oxygens (including phenoxy) is 1. The Labute approximate surface area is 126 Å². The molecule has 2 N–H and O–H groups in total. The van der Waals surface area contributed by atoms with E-state index in [0.717, 1.165) is 0 Å². The van der Waals surface area contributed by atoms with Gasteiger partial charge in [-0.3, -0.25) is 10.1 Å². The van der Waals surface area contributed by atoms with E-state index in [1.165, 1.54) is 17.0 Å². The zero-order valence-electron chi connectivity index (χ0n) is 11.7. The lowest BCUT2D eigenvalue weighted by molar-refractivity contribution is -0.384. The van der Waals surface area contributed by atoms with Crippen LogP contribution in [0.1, 0.15) is 12.0 Å². The molecule has 8 heteroatoms. The summed E-state index contributed by atoms with van der Waals surface area (Å²) in [5.41, 5.74) is 0.676. The molecule has 0 radical (unpaired) electrons. The highest BCUT2D eigenvalue weighted by molar-refractivity contribution is 5.74. The largest absolute Gasteiger partial charge is 0.480 e. The van der Waals surface area contributed by atoms with Crippen LogP contribution < -0.4 is 0 Å². The van der Waals surface area contributed by atoms with E-state index in [1.807, 2.05) is 0 Å². The summed E-state index contributed by atoms with van der Waals surface area (Å²) in [5.74, 6) is -0.890. The Kier molecular flexibility index (Phi) is 4.62. The summed E-state index contributed by atoms with van der Waals surface area (Å²) in [6.45, 7) is 3.94. The Morgan fingerprint density at radius 1 is 1.45 bits per heavy atom. The lowest BCUT2D eigenvalue weighted by atomic mass is 10.2. The average Bonchev–Trinajstić information content (AvgIpc) is 2.87. The minimum atomic E-state index is -1.04. The van der Waals surface area contributed by atoms with Crippen molar-refractivity contribution < 1.29 is 24.7 Å².